The number of para-hydroxylation sites is 1. The van der Waals surface area contributed by atoms with Crippen LogP contribution in [0, 0.1) is 17.6 Å². The summed E-state index contributed by atoms with van der Waals surface area (Å²) in [6.07, 6.45) is 2.57. The first-order valence-electron chi connectivity index (χ1n) is 7.94. The van der Waals surface area contributed by atoms with Crippen molar-refractivity contribution in [2.75, 3.05) is 13.1 Å². The van der Waals surface area contributed by atoms with Gasteiger partial charge in [0.2, 0.25) is 0 Å². The maximum Gasteiger partial charge on any atom is 0.274 e. The number of aliphatic hydroxyl groups excluding tert-OH is 1. The predicted molar refractivity (Wildman–Crippen MR) is 83.8 cm³/mol. The predicted octanol–water partition coefficient (Wildman–Crippen LogP) is 2.38. The normalized spacial score (nSPS) is 19.3. The Morgan fingerprint density at radius 2 is 2.04 bits per heavy atom. The first kappa shape index (κ1) is 16.6. The van der Waals surface area contributed by atoms with Crippen LogP contribution in [0.25, 0.3) is 5.69 Å². The standard InChI is InChI=1S/C17H19F2N3O2/c1-11(23)12-4-3-8-21(10-12)17(24)15-7-9-22(20-15)16-13(18)5-2-6-14(16)19/h2,5-7,9,11-12,23H,3-4,8,10H2,1H3. The molecule has 0 spiro atoms. The summed E-state index contributed by atoms with van der Waals surface area (Å²) in [4.78, 5) is 14.2. The first-order valence-corrected chi connectivity index (χ1v) is 7.94. The molecule has 0 saturated carbocycles. The fraction of sp³-hybridized carbons (Fsp3) is 0.412. The number of carbonyl (C=O) groups excluding carboxylic acids is 1. The van der Waals surface area contributed by atoms with Crippen molar-refractivity contribution in [2.24, 2.45) is 5.92 Å². The third kappa shape index (κ3) is 3.17. The van der Waals surface area contributed by atoms with Gasteiger partial charge in [-0.3, -0.25) is 4.79 Å². The number of carbonyl (C=O) groups is 1. The van der Waals surface area contributed by atoms with E-state index in [1.807, 2.05) is 0 Å². The second-order valence-corrected chi connectivity index (χ2v) is 6.11. The molecular weight excluding hydrogens is 316 g/mol. The Kier molecular flexibility index (Phi) is 4.62. The molecule has 1 amide bonds. The molecule has 1 aliphatic heterocycles. The highest BCUT2D eigenvalue weighted by atomic mass is 19.1. The Morgan fingerprint density at radius 1 is 1.33 bits per heavy atom. The number of aromatic nitrogens is 2. The molecule has 0 bridgehead atoms. The van der Waals surface area contributed by atoms with Gasteiger partial charge in [0, 0.05) is 25.2 Å². The van der Waals surface area contributed by atoms with E-state index in [-0.39, 0.29) is 23.2 Å². The molecule has 2 aromatic rings. The molecule has 5 nitrogen and oxygen atoms in total. The largest absolute Gasteiger partial charge is 0.393 e. The monoisotopic (exact) mass is 335 g/mol. The van der Waals surface area contributed by atoms with Gasteiger partial charge in [-0.2, -0.15) is 5.10 Å². The van der Waals surface area contributed by atoms with Crippen molar-refractivity contribution in [3.8, 4) is 5.69 Å². The lowest BCUT2D eigenvalue weighted by atomic mass is 9.93. The van der Waals surface area contributed by atoms with Gasteiger partial charge in [-0.05, 0) is 38.0 Å². The minimum atomic E-state index is -0.746. The van der Waals surface area contributed by atoms with Crippen molar-refractivity contribution < 1.29 is 18.7 Å². The summed E-state index contributed by atoms with van der Waals surface area (Å²) in [7, 11) is 0. The van der Waals surface area contributed by atoms with Crippen LogP contribution in [0.2, 0.25) is 0 Å². The van der Waals surface area contributed by atoms with E-state index in [2.05, 4.69) is 5.10 Å². The van der Waals surface area contributed by atoms with Crippen LogP contribution in [0.15, 0.2) is 30.5 Å². The number of piperidine rings is 1. The van der Waals surface area contributed by atoms with Crippen LogP contribution in [-0.4, -0.2) is 44.9 Å². The molecule has 2 heterocycles. The Balaban J connectivity index is 1.81. The van der Waals surface area contributed by atoms with Crippen LogP contribution in [0.3, 0.4) is 0 Å². The van der Waals surface area contributed by atoms with Gasteiger partial charge in [-0.1, -0.05) is 6.07 Å². The summed E-state index contributed by atoms with van der Waals surface area (Å²) in [6, 6.07) is 4.99. The van der Waals surface area contributed by atoms with Crippen LogP contribution >= 0.6 is 0 Å². The summed E-state index contributed by atoms with van der Waals surface area (Å²) in [5, 5.41) is 13.8. The molecule has 1 aromatic carbocycles. The fourth-order valence-electron chi connectivity index (χ4n) is 3.02. The molecule has 1 fully saturated rings. The van der Waals surface area contributed by atoms with E-state index in [0.29, 0.717) is 13.1 Å². The topological polar surface area (TPSA) is 58.4 Å². The van der Waals surface area contributed by atoms with Crippen molar-refractivity contribution in [3.63, 3.8) is 0 Å². The van der Waals surface area contributed by atoms with Gasteiger partial charge in [0.1, 0.15) is 5.69 Å². The first-order chi connectivity index (χ1) is 11.5. The van der Waals surface area contributed by atoms with E-state index < -0.39 is 17.7 Å². The van der Waals surface area contributed by atoms with E-state index in [0.717, 1.165) is 29.7 Å². The fourth-order valence-corrected chi connectivity index (χ4v) is 3.02. The molecule has 7 heteroatoms. The highest BCUT2D eigenvalue weighted by molar-refractivity contribution is 5.92. The Morgan fingerprint density at radius 3 is 2.71 bits per heavy atom. The van der Waals surface area contributed by atoms with E-state index in [1.54, 1.807) is 11.8 Å². The summed E-state index contributed by atoms with van der Waals surface area (Å²) in [5.74, 6) is -1.75. The number of benzene rings is 1. The zero-order chi connectivity index (χ0) is 17.3. The van der Waals surface area contributed by atoms with Crippen molar-refractivity contribution in [3.05, 3.63) is 47.8 Å². The quantitative estimate of drug-likeness (QED) is 0.937. The molecule has 1 aromatic heterocycles. The summed E-state index contributed by atoms with van der Waals surface area (Å²) in [5.41, 5.74) is -0.180. The van der Waals surface area contributed by atoms with Gasteiger partial charge in [-0.15, -0.1) is 0 Å². The zero-order valence-electron chi connectivity index (χ0n) is 13.3. The second-order valence-electron chi connectivity index (χ2n) is 6.11. The molecule has 1 aliphatic rings. The van der Waals surface area contributed by atoms with Crippen molar-refractivity contribution in [1.82, 2.24) is 14.7 Å². The SMILES string of the molecule is CC(O)C1CCCN(C(=O)c2ccn(-c3c(F)cccc3F)n2)C1. The number of nitrogens with zero attached hydrogens (tertiary/aromatic N) is 3. The molecule has 0 radical (unpaired) electrons. The minimum absolute atomic E-state index is 0.0359. The average Bonchev–Trinajstić information content (AvgIpc) is 3.03. The lowest BCUT2D eigenvalue weighted by Crippen LogP contribution is -2.43. The number of hydrogen-bond donors (Lipinski definition) is 1. The summed E-state index contributed by atoms with van der Waals surface area (Å²) >= 11 is 0. The molecule has 1 saturated heterocycles. The number of hydrogen-bond acceptors (Lipinski definition) is 3. The second kappa shape index (κ2) is 6.68. The average molecular weight is 335 g/mol. The third-order valence-corrected chi connectivity index (χ3v) is 4.40. The number of amides is 1. The Bertz CT molecular complexity index is 725. The van der Waals surface area contributed by atoms with Gasteiger partial charge < -0.3 is 10.0 Å². The number of rotatable bonds is 3. The Labute approximate surface area is 138 Å². The lowest BCUT2D eigenvalue weighted by molar-refractivity contribution is 0.0461. The third-order valence-electron chi connectivity index (χ3n) is 4.40. The minimum Gasteiger partial charge on any atom is -0.393 e. The zero-order valence-corrected chi connectivity index (χ0v) is 13.3. The van der Waals surface area contributed by atoms with Crippen LogP contribution in [0.1, 0.15) is 30.3 Å². The van der Waals surface area contributed by atoms with E-state index in [4.69, 9.17) is 0 Å². The molecule has 1 N–H and O–H groups in total. The molecule has 2 unspecified atom stereocenters. The molecule has 0 aliphatic carbocycles. The van der Waals surface area contributed by atoms with E-state index in [9.17, 15) is 18.7 Å². The Hall–Kier alpha value is -2.28. The summed E-state index contributed by atoms with van der Waals surface area (Å²) < 4.78 is 28.7. The lowest BCUT2D eigenvalue weighted by Gasteiger charge is -2.33. The van der Waals surface area contributed by atoms with Crippen molar-refractivity contribution in [1.29, 1.82) is 0 Å². The van der Waals surface area contributed by atoms with Crippen molar-refractivity contribution in [2.45, 2.75) is 25.9 Å². The molecule has 2 atom stereocenters. The highest BCUT2D eigenvalue weighted by Crippen LogP contribution is 2.22. The van der Waals surface area contributed by atoms with Crippen LogP contribution in [0.5, 0.6) is 0 Å². The molecule has 24 heavy (non-hydrogen) atoms. The van der Waals surface area contributed by atoms with Crippen LogP contribution < -0.4 is 0 Å². The van der Waals surface area contributed by atoms with E-state index >= 15 is 0 Å². The molecular formula is C17H19F2N3O2. The van der Waals surface area contributed by atoms with Crippen molar-refractivity contribution >= 4 is 5.91 Å². The van der Waals surface area contributed by atoms with E-state index in [1.165, 1.54) is 18.3 Å². The molecule has 3 rings (SSSR count). The van der Waals surface area contributed by atoms with Gasteiger partial charge in [0.15, 0.2) is 17.3 Å². The number of aliphatic hydroxyl groups is 1. The van der Waals surface area contributed by atoms with Crippen LogP contribution in [-0.2, 0) is 0 Å². The summed E-state index contributed by atoms with van der Waals surface area (Å²) in [6.45, 7) is 2.76. The maximum absolute atomic E-state index is 13.8. The number of likely N-dealkylation sites (tertiary alicyclic amines) is 1. The van der Waals surface area contributed by atoms with Crippen LogP contribution in [0.4, 0.5) is 8.78 Å². The van der Waals surface area contributed by atoms with Gasteiger partial charge >= 0.3 is 0 Å². The maximum atomic E-state index is 13.8. The smallest absolute Gasteiger partial charge is 0.274 e. The highest BCUT2D eigenvalue weighted by Gasteiger charge is 2.28. The van der Waals surface area contributed by atoms with Gasteiger partial charge in [-0.25, -0.2) is 13.5 Å². The number of halogens is 2. The molecule has 128 valence electrons. The van der Waals surface area contributed by atoms with Gasteiger partial charge in [0.05, 0.1) is 6.10 Å². The van der Waals surface area contributed by atoms with Gasteiger partial charge in [0.25, 0.3) is 5.91 Å².